The maximum Gasteiger partial charge on any atom is 0.165 e. The van der Waals surface area contributed by atoms with Crippen molar-refractivity contribution >= 4 is 16.7 Å². The lowest BCUT2D eigenvalue weighted by Crippen LogP contribution is -2.02. The van der Waals surface area contributed by atoms with Gasteiger partial charge in [0, 0.05) is 29.1 Å². The summed E-state index contributed by atoms with van der Waals surface area (Å²) in [6.45, 7) is 6.18. The lowest BCUT2D eigenvalue weighted by molar-refractivity contribution is 0.0969. The maximum atomic E-state index is 12.1. The van der Waals surface area contributed by atoms with E-state index in [9.17, 15) is 4.79 Å². The van der Waals surface area contributed by atoms with Crippen LogP contribution in [0.15, 0.2) is 24.4 Å². The van der Waals surface area contributed by atoms with Crippen LogP contribution in [0, 0.1) is 12.8 Å². The normalized spacial score (nSPS) is 11.2. The van der Waals surface area contributed by atoms with Crippen LogP contribution in [0.3, 0.4) is 0 Å². The van der Waals surface area contributed by atoms with Gasteiger partial charge in [-0.1, -0.05) is 26.0 Å². The first kappa shape index (κ1) is 10.9. The van der Waals surface area contributed by atoms with Crippen molar-refractivity contribution in [2.45, 2.75) is 27.2 Å². The molecule has 0 aliphatic rings. The van der Waals surface area contributed by atoms with Gasteiger partial charge in [-0.25, -0.2) is 0 Å². The van der Waals surface area contributed by atoms with Gasteiger partial charge in [0.15, 0.2) is 5.78 Å². The van der Waals surface area contributed by atoms with Gasteiger partial charge in [-0.15, -0.1) is 0 Å². The summed E-state index contributed by atoms with van der Waals surface area (Å²) in [5.41, 5.74) is 3.04. The number of hydrogen-bond donors (Lipinski definition) is 1. The minimum absolute atomic E-state index is 0.232. The van der Waals surface area contributed by atoms with Crippen molar-refractivity contribution < 1.29 is 4.79 Å². The van der Waals surface area contributed by atoms with Gasteiger partial charge in [0.25, 0.3) is 0 Å². The maximum absolute atomic E-state index is 12.1. The molecule has 16 heavy (non-hydrogen) atoms. The highest BCUT2D eigenvalue weighted by Gasteiger charge is 2.14. The van der Waals surface area contributed by atoms with Crippen molar-refractivity contribution in [1.29, 1.82) is 0 Å². The molecular weight excluding hydrogens is 198 g/mol. The molecule has 1 aromatic carbocycles. The first-order valence-corrected chi connectivity index (χ1v) is 5.69. The number of aromatic nitrogens is 1. The minimum Gasteiger partial charge on any atom is -0.360 e. The smallest absolute Gasteiger partial charge is 0.165 e. The fourth-order valence-electron chi connectivity index (χ4n) is 2.07. The van der Waals surface area contributed by atoms with Crippen LogP contribution >= 0.6 is 0 Å². The average molecular weight is 215 g/mol. The van der Waals surface area contributed by atoms with E-state index in [2.05, 4.69) is 18.8 Å². The number of rotatable bonds is 3. The van der Waals surface area contributed by atoms with Gasteiger partial charge >= 0.3 is 0 Å². The number of Topliss-reactive ketones (excluding diaryl/α,β-unsaturated/α-hetero) is 1. The molecule has 84 valence electrons. The van der Waals surface area contributed by atoms with Crippen molar-refractivity contribution in [3.63, 3.8) is 0 Å². The zero-order valence-corrected chi connectivity index (χ0v) is 10.0. The minimum atomic E-state index is 0.232. The molecule has 0 unspecified atom stereocenters. The van der Waals surface area contributed by atoms with Crippen molar-refractivity contribution in [2.24, 2.45) is 5.92 Å². The molecule has 2 heteroatoms. The Morgan fingerprint density at radius 2 is 2.12 bits per heavy atom. The van der Waals surface area contributed by atoms with Gasteiger partial charge in [0.2, 0.25) is 0 Å². The molecule has 1 aromatic heterocycles. The summed E-state index contributed by atoms with van der Waals surface area (Å²) in [7, 11) is 0. The molecule has 0 spiro atoms. The van der Waals surface area contributed by atoms with Crippen LogP contribution in [-0.4, -0.2) is 10.8 Å². The van der Waals surface area contributed by atoms with Gasteiger partial charge in [-0.2, -0.15) is 0 Å². The molecule has 0 atom stereocenters. The van der Waals surface area contributed by atoms with E-state index < -0.39 is 0 Å². The van der Waals surface area contributed by atoms with Crippen LogP contribution < -0.4 is 0 Å². The highest BCUT2D eigenvalue weighted by atomic mass is 16.1. The number of carbonyl (C=O) groups is 1. The number of benzene rings is 1. The monoisotopic (exact) mass is 215 g/mol. The second-order valence-electron chi connectivity index (χ2n) is 4.72. The van der Waals surface area contributed by atoms with Crippen molar-refractivity contribution in [1.82, 2.24) is 4.98 Å². The van der Waals surface area contributed by atoms with Gasteiger partial charge in [-0.05, 0) is 24.5 Å². The summed E-state index contributed by atoms with van der Waals surface area (Å²) in [5.74, 6) is 0.636. The predicted molar refractivity (Wildman–Crippen MR) is 66.8 cm³/mol. The molecule has 0 radical (unpaired) electrons. The number of aryl methyl sites for hydroxylation is 1. The summed E-state index contributed by atoms with van der Waals surface area (Å²) >= 11 is 0. The van der Waals surface area contributed by atoms with Crippen molar-refractivity contribution in [3.05, 3.63) is 35.5 Å². The highest BCUT2D eigenvalue weighted by Crippen LogP contribution is 2.24. The molecule has 1 N–H and O–H groups in total. The highest BCUT2D eigenvalue weighted by molar-refractivity contribution is 6.08. The first-order chi connectivity index (χ1) is 7.59. The number of nitrogens with one attached hydrogen (secondary N) is 1. The lowest BCUT2D eigenvalue weighted by atomic mass is 9.99. The molecule has 0 saturated heterocycles. The first-order valence-electron chi connectivity index (χ1n) is 5.69. The van der Waals surface area contributed by atoms with Gasteiger partial charge in [-0.3, -0.25) is 4.79 Å². The van der Waals surface area contributed by atoms with Crippen LogP contribution in [0.4, 0.5) is 0 Å². The molecule has 0 amide bonds. The molecule has 0 aliphatic heterocycles. The number of hydrogen-bond acceptors (Lipinski definition) is 1. The fraction of sp³-hybridized carbons (Fsp3) is 0.357. The Hall–Kier alpha value is -1.57. The summed E-state index contributed by atoms with van der Waals surface area (Å²) in [5, 5.41) is 1.08. The lowest BCUT2D eigenvalue weighted by Gasteiger charge is -2.04. The molecule has 2 rings (SSSR count). The molecule has 0 aliphatic carbocycles. The predicted octanol–water partition coefficient (Wildman–Crippen LogP) is 3.71. The standard InChI is InChI=1S/C14H17NO/c1-9(2)7-13(16)11-8-15-12-6-4-5-10(3)14(11)12/h4-6,8-9,15H,7H2,1-3H3. The zero-order valence-electron chi connectivity index (χ0n) is 10.0. The second-order valence-corrected chi connectivity index (χ2v) is 4.72. The van der Waals surface area contributed by atoms with E-state index in [1.165, 1.54) is 0 Å². The quantitative estimate of drug-likeness (QED) is 0.778. The Morgan fingerprint density at radius 3 is 2.81 bits per heavy atom. The SMILES string of the molecule is Cc1cccc2[nH]cc(C(=O)CC(C)C)c12. The number of ketones is 1. The topological polar surface area (TPSA) is 32.9 Å². The van der Waals surface area contributed by atoms with Crippen molar-refractivity contribution in [3.8, 4) is 0 Å². The summed E-state index contributed by atoms with van der Waals surface area (Å²) in [4.78, 5) is 15.2. The van der Waals surface area contributed by atoms with Crippen LogP contribution in [0.25, 0.3) is 10.9 Å². The Labute approximate surface area is 95.7 Å². The summed E-state index contributed by atoms with van der Waals surface area (Å²) < 4.78 is 0. The van der Waals surface area contributed by atoms with E-state index in [1.807, 2.05) is 31.3 Å². The van der Waals surface area contributed by atoms with Gasteiger partial charge in [0.1, 0.15) is 0 Å². The van der Waals surface area contributed by atoms with E-state index in [0.29, 0.717) is 12.3 Å². The second kappa shape index (κ2) is 4.12. The molecular formula is C14H17NO. The molecule has 0 saturated carbocycles. The zero-order chi connectivity index (χ0) is 11.7. The fourth-order valence-corrected chi connectivity index (χ4v) is 2.07. The van der Waals surface area contributed by atoms with E-state index in [-0.39, 0.29) is 5.78 Å². The Morgan fingerprint density at radius 1 is 1.38 bits per heavy atom. The van der Waals surface area contributed by atoms with E-state index in [4.69, 9.17) is 0 Å². The van der Waals surface area contributed by atoms with Crippen molar-refractivity contribution in [2.75, 3.05) is 0 Å². The third-order valence-electron chi connectivity index (χ3n) is 2.81. The molecule has 0 bridgehead atoms. The third kappa shape index (κ3) is 1.87. The summed E-state index contributed by atoms with van der Waals surface area (Å²) in [6.07, 6.45) is 2.45. The molecule has 1 heterocycles. The van der Waals surface area contributed by atoms with E-state index in [0.717, 1.165) is 22.0 Å². The average Bonchev–Trinajstić information content (AvgIpc) is 2.61. The Bertz CT molecular complexity index is 523. The number of carbonyl (C=O) groups excluding carboxylic acids is 1. The summed E-state index contributed by atoms with van der Waals surface area (Å²) in [6, 6.07) is 6.06. The largest absolute Gasteiger partial charge is 0.360 e. The third-order valence-corrected chi connectivity index (χ3v) is 2.81. The number of fused-ring (bicyclic) bond motifs is 1. The van der Waals surface area contributed by atoms with Gasteiger partial charge < -0.3 is 4.98 Å². The Balaban J connectivity index is 2.49. The van der Waals surface area contributed by atoms with Crippen LogP contribution in [-0.2, 0) is 0 Å². The van der Waals surface area contributed by atoms with Crippen LogP contribution in [0.2, 0.25) is 0 Å². The van der Waals surface area contributed by atoms with Crippen LogP contribution in [0.5, 0.6) is 0 Å². The molecule has 2 aromatic rings. The van der Waals surface area contributed by atoms with E-state index >= 15 is 0 Å². The van der Waals surface area contributed by atoms with Crippen LogP contribution in [0.1, 0.15) is 36.2 Å². The number of H-pyrrole nitrogens is 1. The molecule has 0 fully saturated rings. The Kier molecular flexibility index (Phi) is 2.82. The molecule has 2 nitrogen and oxygen atoms in total. The number of aromatic amines is 1. The van der Waals surface area contributed by atoms with Gasteiger partial charge in [0.05, 0.1) is 0 Å². The van der Waals surface area contributed by atoms with E-state index in [1.54, 1.807) is 0 Å².